The molecule has 1 fully saturated rings. The number of hydrogen-bond donors (Lipinski definition) is 3. The van der Waals surface area contributed by atoms with E-state index in [2.05, 4.69) is 6.07 Å². The van der Waals surface area contributed by atoms with Gasteiger partial charge in [-0.3, -0.25) is 5.43 Å². The number of nitrogens with one attached hydrogen (secondary N) is 1. The third-order valence-electron chi connectivity index (χ3n) is 3.10. The molecule has 0 saturated heterocycles. The normalized spacial score (nSPS) is 14.4. The number of carbonyl (C=O) groups excluding carboxylic acids is 1. The van der Waals surface area contributed by atoms with Gasteiger partial charge in [0.25, 0.3) is 0 Å². The van der Waals surface area contributed by atoms with Crippen molar-refractivity contribution >= 4 is 11.7 Å². The minimum absolute atomic E-state index is 0.424. The minimum Gasteiger partial charge on any atom is -0.380 e. The van der Waals surface area contributed by atoms with E-state index in [1.165, 1.54) is 18.4 Å². The second kappa shape index (κ2) is 5.34. The molecule has 0 unspecified atom stereocenters. The molecule has 0 aromatic heterocycles. The van der Waals surface area contributed by atoms with Crippen LogP contribution in [-0.4, -0.2) is 13.1 Å². The van der Waals surface area contributed by atoms with E-state index in [-0.39, 0.29) is 0 Å². The molecule has 0 bridgehead atoms. The maximum atomic E-state index is 11.5. The van der Waals surface area contributed by atoms with Crippen LogP contribution < -0.4 is 22.1 Å². The number of amides is 2. The molecule has 1 aliphatic carbocycles. The Morgan fingerprint density at radius 1 is 1.56 bits per heavy atom. The van der Waals surface area contributed by atoms with Crippen molar-refractivity contribution in [3.8, 4) is 0 Å². The predicted octanol–water partition coefficient (Wildman–Crippen LogP) is 0.974. The maximum Gasteiger partial charge on any atom is 0.350 e. The van der Waals surface area contributed by atoms with Crippen molar-refractivity contribution in [3.63, 3.8) is 0 Å². The number of methoxy groups -OCH3 is 1. The maximum absolute atomic E-state index is 11.5. The molecule has 1 aromatic carbocycles. The van der Waals surface area contributed by atoms with Crippen LogP contribution in [0.1, 0.15) is 29.9 Å². The molecule has 2 amide bonds. The first-order valence-corrected chi connectivity index (χ1v) is 5.85. The highest BCUT2D eigenvalue weighted by Crippen LogP contribution is 2.43. The van der Waals surface area contributed by atoms with Crippen LogP contribution in [0.2, 0.25) is 0 Å². The number of hydrogen-bond acceptors (Lipinski definition) is 4. The summed E-state index contributed by atoms with van der Waals surface area (Å²) in [4.78, 5) is 11.5. The lowest BCUT2D eigenvalue weighted by Gasteiger charge is -2.21. The third kappa shape index (κ3) is 2.45. The monoisotopic (exact) mass is 250 g/mol. The zero-order chi connectivity index (χ0) is 13.1. The zero-order valence-corrected chi connectivity index (χ0v) is 10.3. The van der Waals surface area contributed by atoms with Crippen molar-refractivity contribution in [1.29, 1.82) is 0 Å². The highest BCUT2D eigenvalue weighted by Gasteiger charge is 2.28. The zero-order valence-electron chi connectivity index (χ0n) is 10.3. The summed E-state index contributed by atoms with van der Waals surface area (Å²) in [6.07, 6.45) is 2.35. The number of urea groups is 1. The van der Waals surface area contributed by atoms with Gasteiger partial charge in [-0.1, -0.05) is 12.1 Å². The van der Waals surface area contributed by atoms with E-state index < -0.39 is 6.03 Å². The summed E-state index contributed by atoms with van der Waals surface area (Å²) < 4.78 is 5.21. The van der Waals surface area contributed by atoms with Gasteiger partial charge in [0.15, 0.2) is 0 Å². The van der Waals surface area contributed by atoms with E-state index in [4.69, 9.17) is 16.4 Å². The van der Waals surface area contributed by atoms with Gasteiger partial charge in [-0.2, -0.15) is 0 Å². The van der Waals surface area contributed by atoms with Crippen LogP contribution in [0.5, 0.6) is 0 Å². The molecule has 18 heavy (non-hydrogen) atoms. The summed E-state index contributed by atoms with van der Waals surface area (Å²) in [7, 11) is 1.62. The average molecular weight is 250 g/mol. The summed E-state index contributed by atoms with van der Waals surface area (Å²) in [5.74, 6) is 11.4. The van der Waals surface area contributed by atoms with E-state index >= 15 is 0 Å². The molecule has 98 valence electrons. The van der Waals surface area contributed by atoms with Crippen molar-refractivity contribution in [2.45, 2.75) is 25.4 Å². The minimum atomic E-state index is -0.555. The average Bonchev–Trinajstić information content (AvgIpc) is 3.22. The van der Waals surface area contributed by atoms with Gasteiger partial charge in [0.05, 0.1) is 12.3 Å². The van der Waals surface area contributed by atoms with Gasteiger partial charge in [-0.05, 0) is 30.4 Å². The lowest BCUT2D eigenvalue weighted by molar-refractivity contribution is 0.184. The fourth-order valence-electron chi connectivity index (χ4n) is 2.08. The molecule has 0 aliphatic heterocycles. The molecule has 1 saturated carbocycles. The molecule has 1 aromatic rings. The number of hydrazine groups is 2. The summed E-state index contributed by atoms with van der Waals surface area (Å²) in [6.45, 7) is 0.424. The standard InChI is InChI=1S/C12H18N4O2/c1-18-7-10-9(8-5-6-8)3-2-4-11(10)16(14)12(17)15-13/h2-4,8H,5-7,13-14H2,1H3,(H,15,17). The molecule has 6 heteroatoms. The molecular formula is C12H18N4O2. The second-order valence-electron chi connectivity index (χ2n) is 4.37. The fraction of sp³-hybridized carbons (Fsp3) is 0.417. The highest BCUT2D eigenvalue weighted by atomic mass is 16.5. The second-order valence-corrected chi connectivity index (χ2v) is 4.37. The van der Waals surface area contributed by atoms with Crippen LogP contribution in [0.15, 0.2) is 18.2 Å². The van der Waals surface area contributed by atoms with Crippen LogP contribution in [0.3, 0.4) is 0 Å². The lowest BCUT2D eigenvalue weighted by atomic mass is 10.0. The first-order chi connectivity index (χ1) is 8.69. The smallest absolute Gasteiger partial charge is 0.350 e. The number of benzene rings is 1. The number of nitrogens with two attached hydrogens (primary N) is 2. The van der Waals surface area contributed by atoms with E-state index in [0.717, 1.165) is 10.6 Å². The van der Waals surface area contributed by atoms with Crippen LogP contribution in [0.4, 0.5) is 10.5 Å². The third-order valence-corrected chi connectivity index (χ3v) is 3.10. The van der Waals surface area contributed by atoms with E-state index in [1.54, 1.807) is 13.2 Å². The van der Waals surface area contributed by atoms with Gasteiger partial charge in [0.1, 0.15) is 0 Å². The first kappa shape index (κ1) is 12.8. The number of rotatable bonds is 4. The molecule has 5 N–H and O–H groups in total. The van der Waals surface area contributed by atoms with Crippen molar-refractivity contribution in [1.82, 2.24) is 5.43 Å². The Morgan fingerprint density at radius 3 is 2.83 bits per heavy atom. The van der Waals surface area contributed by atoms with Gasteiger partial charge in [0, 0.05) is 12.7 Å². The molecule has 6 nitrogen and oxygen atoms in total. The predicted molar refractivity (Wildman–Crippen MR) is 68.5 cm³/mol. The van der Waals surface area contributed by atoms with Crippen molar-refractivity contribution in [2.75, 3.05) is 12.1 Å². The molecule has 0 radical (unpaired) electrons. The Labute approximate surface area is 106 Å². The largest absolute Gasteiger partial charge is 0.380 e. The van der Waals surface area contributed by atoms with Gasteiger partial charge in [-0.25, -0.2) is 21.5 Å². The Morgan fingerprint density at radius 2 is 2.28 bits per heavy atom. The Balaban J connectivity index is 2.38. The number of anilines is 1. The summed E-state index contributed by atoms with van der Waals surface area (Å²) >= 11 is 0. The highest BCUT2D eigenvalue weighted by molar-refractivity contribution is 5.91. The molecule has 0 spiro atoms. The van der Waals surface area contributed by atoms with E-state index in [1.807, 2.05) is 11.5 Å². The lowest BCUT2D eigenvalue weighted by Crippen LogP contribution is -2.48. The molecular weight excluding hydrogens is 232 g/mol. The van der Waals surface area contributed by atoms with Gasteiger partial charge >= 0.3 is 6.03 Å². The van der Waals surface area contributed by atoms with Crippen LogP contribution >= 0.6 is 0 Å². The van der Waals surface area contributed by atoms with Gasteiger partial charge in [0.2, 0.25) is 0 Å². The SMILES string of the molecule is COCc1c(C2CC2)cccc1N(N)C(=O)NN. The van der Waals surface area contributed by atoms with E-state index in [9.17, 15) is 4.79 Å². The first-order valence-electron chi connectivity index (χ1n) is 5.85. The van der Waals surface area contributed by atoms with Crippen LogP contribution in [0.25, 0.3) is 0 Å². The fourth-order valence-corrected chi connectivity index (χ4v) is 2.08. The number of nitrogens with zero attached hydrogens (tertiary/aromatic N) is 1. The summed E-state index contributed by atoms with van der Waals surface area (Å²) in [5.41, 5.74) is 4.80. The van der Waals surface area contributed by atoms with Gasteiger partial charge < -0.3 is 4.74 Å². The van der Waals surface area contributed by atoms with E-state index in [0.29, 0.717) is 18.2 Å². The van der Waals surface area contributed by atoms with Crippen LogP contribution in [0, 0.1) is 0 Å². The Kier molecular flexibility index (Phi) is 3.81. The van der Waals surface area contributed by atoms with Crippen molar-refractivity contribution in [3.05, 3.63) is 29.3 Å². The molecule has 0 atom stereocenters. The van der Waals surface area contributed by atoms with Crippen molar-refractivity contribution < 1.29 is 9.53 Å². The molecule has 2 rings (SSSR count). The summed E-state index contributed by atoms with van der Waals surface area (Å²) in [5, 5.41) is 1.01. The van der Waals surface area contributed by atoms with Gasteiger partial charge in [-0.15, -0.1) is 0 Å². The molecule has 1 aliphatic rings. The number of ether oxygens (including phenoxy) is 1. The Bertz CT molecular complexity index is 446. The molecule has 0 heterocycles. The van der Waals surface area contributed by atoms with Crippen LogP contribution in [-0.2, 0) is 11.3 Å². The topological polar surface area (TPSA) is 93.6 Å². The quantitative estimate of drug-likeness (QED) is 0.422. The number of carbonyl (C=O) groups is 1. The van der Waals surface area contributed by atoms with Crippen molar-refractivity contribution in [2.24, 2.45) is 11.7 Å². The summed E-state index contributed by atoms with van der Waals surface area (Å²) in [6, 6.07) is 5.19. The Hall–Kier alpha value is -1.63.